The Morgan fingerprint density at radius 3 is 2.67 bits per heavy atom. The molecule has 0 aromatic carbocycles. The first-order valence-corrected chi connectivity index (χ1v) is 9.08. The summed E-state index contributed by atoms with van der Waals surface area (Å²) < 4.78 is 32.1. The van der Waals surface area contributed by atoms with E-state index in [0.29, 0.717) is 12.8 Å². The van der Waals surface area contributed by atoms with Crippen molar-refractivity contribution in [1.29, 1.82) is 0 Å². The van der Waals surface area contributed by atoms with Gasteiger partial charge in [0.1, 0.15) is 18.8 Å². The molecule has 3 rings (SSSR count). The molecule has 9 nitrogen and oxygen atoms in total. The number of sulfonamides is 1. The number of hydrogen-bond acceptors (Lipinski definition) is 6. The molecule has 136 valence electrons. The van der Waals surface area contributed by atoms with Crippen molar-refractivity contribution < 1.29 is 28.2 Å². The first kappa shape index (κ1) is 18.7. The highest BCUT2D eigenvalue weighted by Gasteiger charge is 2.64. The highest BCUT2D eigenvalue weighted by molar-refractivity contribution is 7.90. The Balaban J connectivity index is 1.93. The Morgan fingerprint density at radius 1 is 1.54 bits per heavy atom. The van der Waals surface area contributed by atoms with Crippen molar-refractivity contribution in [3.8, 4) is 0 Å². The monoisotopic (exact) mass is 361 g/mol. The van der Waals surface area contributed by atoms with E-state index in [0.717, 1.165) is 0 Å². The molecule has 2 bridgehead atoms. The minimum Gasteiger partial charge on any atom is -0.481 e. The highest BCUT2D eigenvalue weighted by atomic mass is 32.2. The molecule has 0 radical (unpaired) electrons. The average molecular weight is 361 g/mol. The van der Waals surface area contributed by atoms with Crippen LogP contribution in [0.2, 0.25) is 0 Å². The SMILES string of the molecule is C=C(N=CN(C)C(C)OCO)NS(=O)(=O)[C@@H]1CC2(C(=O)O)CC1C2. The maximum Gasteiger partial charge on any atom is 0.309 e. The second-order valence-corrected chi connectivity index (χ2v) is 8.29. The predicted molar refractivity (Wildman–Crippen MR) is 86.3 cm³/mol. The summed E-state index contributed by atoms with van der Waals surface area (Å²) in [7, 11) is -2.09. The number of aliphatic hydroxyl groups is 1. The fourth-order valence-corrected chi connectivity index (χ4v) is 5.07. The van der Waals surface area contributed by atoms with Gasteiger partial charge in [-0.15, -0.1) is 0 Å². The van der Waals surface area contributed by atoms with Gasteiger partial charge in [0.2, 0.25) is 10.0 Å². The minimum atomic E-state index is -3.73. The van der Waals surface area contributed by atoms with Gasteiger partial charge < -0.3 is 19.8 Å². The van der Waals surface area contributed by atoms with Gasteiger partial charge in [-0.3, -0.25) is 9.52 Å². The molecule has 24 heavy (non-hydrogen) atoms. The number of aliphatic imine (C=N–C) groups is 1. The average Bonchev–Trinajstić information content (AvgIpc) is 3.01. The lowest BCUT2D eigenvalue weighted by molar-refractivity contribution is -0.153. The quantitative estimate of drug-likeness (QED) is 0.297. The number of aliphatic hydroxyl groups excluding tert-OH is 1. The molecular formula is C14H23N3O6S. The smallest absolute Gasteiger partial charge is 0.309 e. The minimum absolute atomic E-state index is 0.0634. The van der Waals surface area contributed by atoms with Crippen molar-refractivity contribution in [2.24, 2.45) is 16.3 Å². The molecule has 3 fully saturated rings. The van der Waals surface area contributed by atoms with E-state index in [1.807, 2.05) is 0 Å². The van der Waals surface area contributed by atoms with Crippen LogP contribution in [0.15, 0.2) is 17.4 Å². The molecule has 0 amide bonds. The fraction of sp³-hybridized carbons (Fsp3) is 0.714. The third kappa shape index (κ3) is 3.55. The van der Waals surface area contributed by atoms with Gasteiger partial charge in [0.05, 0.1) is 17.0 Å². The maximum atomic E-state index is 12.4. The molecule has 10 heteroatoms. The second-order valence-electron chi connectivity index (χ2n) is 6.40. The van der Waals surface area contributed by atoms with Gasteiger partial charge in [-0.05, 0) is 32.1 Å². The predicted octanol–water partition coefficient (Wildman–Crippen LogP) is -0.0972. The van der Waals surface area contributed by atoms with Crippen LogP contribution in [-0.4, -0.2) is 61.2 Å². The standard InChI is InChI=1S/C14H23N3O6S/c1-9(15-7-17(3)10(2)23-8-18)16-24(21,22)12-6-14(13(19)20)4-11(12)5-14/h7,10-12,16,18H,1,4-6,8H2,2-3H3,(H,19,20)/t10?,11?,12-,14?/m1/s1. The van der Waals surface area contributed by atoms with Gasteiger partial charge in [-0.1, -0.05) is 6.58 Å². The van der Waals surface area contributed by atoms with Crippen molar-refractivity contribution in [1.82, 2.24) is 9.62 Å². The van der Waals surface area contributed by atoms with Crippen LogP contribution in [0.3, 0.4) is 0 Å². The molecule has 0 aromatic heterocycles. The first-order chi connectivity index (χ1) is 11.1. The Hall–Kier alpha value is -1.65. The van der Waals surface area contributed by atoms with Gasteiger partial charge in [-0.2, -0.15) is 0 Å². The number of hydrogen-bond donors (Lipinski definition) is 3. The summed E-state index contributed by atoms with van der Waals surface area (Å²) in [5, 5.41) is 17.2. The van der Waals surface area contributed by atoms with Gasteiger partial charge in [-0.25, -0.2) is 13.4 Å². The van der Waals surface area contributed by atoms with Crippen molar-refractivity contribution in [3.05, 3.63) is 12.4 Å². The van der Waals surface area contributed by atoms with E-state index in [9.17, 15) is 18.3 Å². The van der Waals surface area contributed by atoms with E-state index < -0.39 is 39.7 Å². The molecule has 0 aliphatic heterocycles. The van der Waals surface area contributed by atoms with E-state index in [1.165, 1.54) is 11.2 Å². The number of carboxylic acid groups (broad SMARTS) is 1. The highest BCUT2D eigenvalue weighted by Crippen LogP contribution is 2.60. The molecule has 0 spiro atoms. The molecule has 3 aliphatic carbocycles. The maximum absolute atomic E-state index is 12.4. The number of aliphatic carboxylic acids is 1. The normalized spacial score (nSPS) is 30.0. The number of nitrogens with one attached hydrogen (secondary N) is 1. The number of nitrogens with zero attached hydrogens (tertiary/aromatic N) is 2. The Morgan fingerprint density at radius 2 is 2.17 bits per heavy atom. The van der Waals surface area contributed by atoms with E-state index in [1.54, 1.807) is 14.0 Å². The number of carbonyl (C=O) groups is 1. The zero-order valence-electron chi connectivity index (χ0n) is 13.7. The third-order valence-electron chi connectivity index (χ3n) is 4.82. The zero-order chi connectivity index (χ0) is 18.1. The number of rotatable bonds is 9. The van der Waals surface area contributed by atoms with Crippen LogP contribution in [-0.2, 0) is 19.6 Å². The lowest BCUT2D eigenvalue weighted by Crippen LogP contribution is -2.38. The van der Waals surface area contributed by atoms with Crippen molar-refractivity contribution in [3.63, 3.8) is 0 Å². The lowest BCUT2D eigenvalue weighted by Gasteiger charge is -2.33. The summed E-state index contributed by atoms with van der Waals surface area (Å²) >= 11 is 0. The van der Waals surface area contributed by atoms with E-state index >= 15 is 0 Å². The summed E-state index contributed by atoms with van der Waals surface area (Å²) in [4.78, 5) is 16.7. The number of carboxylic acids is 1. The van der Waals surface area contributed by atoms with Gasteiger partial charge >= 0.3 is 5.97 Å². The number of fused-ring (bicyclic) bond motifs is 1. The molecular weight excluding hydrogens is 338 g/mol. The summed E-state index contributed by atoms with van der Waals surface area (Å²) in [6, 6.07) is 0. The number of ether oxygens (including phenoxy) is 1. The molecule has 0 heterocycles. The molecule has 3 saturated carbocycles. The molecule has 0 aromatic rings. The second kappa shape index (κ2) is 6.69. The van der Waals surface area contributed by atoms with Gasteiger partial charge in [0.15, 0.2) is 0 Å². The first-order valence-electron chi connectivity index (χ1n) is 7.54. The van der Waals surface area contributed by atoms with Crippen molar-refractivity contribution in [2.75, 3.05) is 13.8 Å². The molecule has 0 saturated heterocycles. The Labute approximate surface area is 141 Å². The molecule has 3 N–H and O–H groups in total. The lowest BCUT2D eigenvalue weighted by atomic mass is 9.70. The van der Waals surface area contributed by atoms with Crippen LogP contribution < -0.4 is 4.72 Å². The molecule has 3 aliphatic rings. The Bertz CT molecular complexity index is 641. The van der Waals surface area contributed by atoms with Crippen LogP contribution in [0.5, 0.6) is 0 Å². The van der Waals surface area contributed by atoms with Crippen LogP contribution in [0.1, 0.15) is 26.2 Å². The van der Waals surface area contributed by atoms with Crippen LogP contribution in [0, 0.1) is 11.3 Å². The Kier molecular flexibility index (Phi) is 5.21. The summed E-state index contributed by atoms with van der Waals surface area (Å²) in [6.07, 6.45) is 1.82. The van der Waals surface area contributed by atoms with E-state index in [4.69, 9.17) is 9.84 Å². The summed E-state index contributed by atoms with van der Waals surface area (Å²) in [6.45, 7) is 4.80. The van der Waals surface area contributed by atoms with Crippen LogP contribution >= 0.6 is 0 Å². The zero-order valence-corrected chi connectivity index (χ0v) is 14.5. The topological polar surface area (TPSA) is 129 Å². The molecule has 1 unspecified atom stereocenters. The fourth-order valence-electron chi connectivity index (χ4n) is 3.30. The van der Waals surface area contributed by atoms with Crippen molar-refractivity contribution >= 4 is 22.3 Å². The van der Waals surface area contributed by atoms with Crippen LogP contribution in [0.4, 0.5) is 0 Å². The van der Waals surface area contributed by atoms with Gasteiger partial charge in [0, 0.05) is 7.05 Å². The van der Waals surface area contributed by atoms with Crippen molar-refractivity contribution in [2.45, 2.75) is 37.7 Å². The molecule has 2 atom stereocenters. The van der Waals surface area contributed by atoms with Gasteiger partial charge in [0.25, 0.3) is 0 Å². The summed E-state index contributed by atoms with van der Waals surface area (Å²) in [5.41, 5.74) is -0.883. The summed E-state index contributed by atoms with van der Waals surface area (Å²) in [5.74, 6) is -1.12. The van der Waals surface area contributed by atoms with Crippen LogP contribution in [0.25, 0.3) is 0 Å². The largest absolute Gasteiger partial charge is 0.481 e. The third-order valence-corrected chi connectivity index (χ3v) is 6.69. The van der Waals surface area contributed by atoms with E-state index in [2.05, 4.69) is 16.3 Å². The van der Waals surface area contributed by atoms with E-state index in [-0.39, 0.29) is 18.2 Å².